The Kier molecular flexibility index (Phi) is 7.74. The average Bonchev–Trinajstić information content (AvgIpc) is 2.44. The van der Waals surface area contributed by atoms with Crippen LogP contribution in [0.15, 0.2) is 24.3 Å². The molecule has 0 saturated carbocycles. The van der Waals surface area contributed by atoms with Crippen LogP contribution >= 0.6 is 0 Å². The molecule has 1 unspecified atom stereocenters. The largest absolute Gasteiger partial charge is 0.491 e. The van der Waals surface area contributed by atoms with Crippen LogP contribution in [0.1, 0.15) is 39.7 Å². The Morgan fingerprint density at radius 2 is 1.91 bits per heavy atom. The quantitative estimate of drug-likeness (QED) is 0.691. The number of aliphatic hydroxyl groups is 1. The Balaban J connectivity index is 2.53. The highest BCUT2D eigenvalue weighted by molar-refractivity contribution is 5.74. The van der Waals surface area contributed by atoms with E-state index in [1.165, 1.54) is 0 Å². The molecule has 0 aliphatic carbocycles. The van der Waals surface area contributed by atoms with Gasteiger partial charge in [-0.25, -0.2) is 4.79 Å². The first-order valence-electron chi connectivity index (χ1n) is 7.82. The third-order valence-corrected chi connectivity index (χ3v) is 3.09. The van der Waals surface area contributed by atoms with Gasteiger partial charge in [-0.15, -0.1) is 0 Å². The summed E-state index contributed by atoms with van der Waals surface area (Å²) >= 11 is 0. The van der Waals surface area contributed by atoms with Crippen LogP contribution in [-0.4, -0.2) is 29.9 Å². The van der Waals surface area contributed by atoms with E-state index in [0.717, 1.165) is 17.7 Å². The van der Waals surface area contributed by atoms with Gasteiger partial charge in [0.2, 0.25) is 0 Å². The molecule has 0 fully saturated rings. The zero-order chi connectivity index (χ0) is 16.5. The van der Waals surface area contributed by atoms with Crippen molar-refractivity contribution < 1.29 is 14.6 Å². The van der Waals surface area contributed by atoms with E-state index in [9.17, 15) is 9.90 Å². The maximum absolute atomic E-state index is 11.9. The maximum atomic E-state index is 11.9. The molecule has 0 saturated heterocycles. The van der Waals surface area contributed by atoms with E-state index in [0.29, 0.717) is 12.5 Å². The number of benzene rings is 1. The van der Waals surface area contributed by atoms with Crippen LogP contribution in [0.5, 0.6) is 5.75 Å². The van der Waals surface area contributed by atoms with E-state index in [1.807, 2.05) is 38.1 Å². The number of urea groups is 1. The summed E-state index contributed by atoms with van der Waals surface area (Å²) in [6, 6.07) is 7.14. The number of aliphatic hydroxyl groups excluding tert-OH is 1. The lowest BCUT2D eigenvalue weighted by Gasteiger charge is -2.19. The van der Waals surface area contributed by atoms with Gasteiger partial charge in [0.15, 0.2) is 0 Å². The standard InChI is InChI=1S/C17H28N2O3/c1-12(2)9-15(11-20)19-17(21)18-10-14-7-5-6-8-16(14)22-13(3)4/h5-8,12-13,15,20H,9-11H2,1-4H3,(H2,18,19,21). The molecule has 5 nitrogen and oxygen atoms in total. The van der Waals surface area contributed by atoms with Crippen LogP contribution in [0.25, 0.3) is 0 Å². The van der Waals surface area contributed by atoms with E-state index < -0.39 is 0 Å². The van der Waals surface area contributed by atoms with Gasteiger partial charge in [-0.05, 0) is 32.3 Å². The Hall–Kier alpha value is -1.75. The highest BCUT2D eigenvalue weighted by Crippen LogP contribution is 2.19. The third kappa shape index (κ3) is 6.80. The third-order valence-electron chi connectivity index (χ3n) is 3.09. The van der Waals surface area contributed by atoms with Crippen molar-refractivity contribution in [2.24, 2.45) is 5.92 Å². The molecular formula is C17H28N2O3. The molecule has 0 heterocycles. The van der Waals surface area contributed by atoms with E-state index >= 15 is 0 Å². The number of hydrogen-bond acceptors (Lipinski definition) is 3. The first-order chi connectivity index (χ1) is 10.4. The number of ether oxygens (including phenoxy) is 1. The number of para-hydroxylation sites is 1. The normalized spacial score (nSPS) is 12.3. The minimum atomic E-state index is -0.279. The first kappa shape index (κ1) is 18.3. The van der Waals surface area contributed by atoms with Gasteiger partial charge in [0.1, 0.15) is 5.75 Å². The van der Waals surface area contributed by atoms with Crippen LogP contribution in [0, 0.1) is 5.92 Å². The second-order valence-corrected chi connectivity index (χ2v) is 6.11. The molecule has 22 heavy (non-hydrogen) atoms. The van der Waals surface area contributed by atoms with Crippen LogP contribution in [-0.2, 0) is 6.54 Å². The second-order valence-electron chi connectivity index (χ2n) is 6.11. The molecule has 5 heteroatoms. The zero-order valence-electron chi connectivity index (χ0n) is 13.9. The molecule has 1 rings (SSSR count). The molecule has 124 valence electrons. The average molecular weight is 308 g/mol. The summed E-state index contributed by atoms with van der Waals surface area (Å²) in [6.45, 7) is 8.38. The number of rotatable bonds is 8. The fourth-order valence-corrected chi connectivity index (χ4v) is 2.18. The Bertz CT molecular complexity index is 461. The van der Waals surface area contributed by atoms with Crippen LogP contribution in [0.2, 0.25) is 0 Å². The van der Waals surface area contributed by atoms with Crippen molar-refractivity contribution in [3.8, 4) is 5.75 Å². The number of hydrogen-bond donors (Lipinski definition) is 3. The number of carbonyl (C=O) groups is 1. The van der Waals surface area contributed by atoms with Crippen molar-refractivity contribution in [2.75, 3.05) is 6.61 Å². The summed E-state index contributed by atoms with van der Waals surface area (Å²) < 4.78 is 5.72. The minimum absolute atomic E-state index is 0.0569. The topological polar surface area (TPSA) is 70.6 Å². The summed E-state index contributed by atoms with van der Waals surface area (Å²) in [5.41, 5.74) is 0.927. The predicted molar refractivity (Wildman–Crippen MR) is 87.9 cm³/mol. The SMILES string of the molecule is CC(C)CC(CO)NC(=O)NCc1ccccc1OC(C)C. The molecule has 0 bridgehead atoms. The van der Waals surface area contributed by atoms with Crippen molar-refractivity contribution in [1.29, 1.82) is 0 Å². The Morgan fingerprint density at radius 3 is 2.50 bits per heavy atom. The Morgan fingerprint density at radius 1 is 1.23 bits per heavy atom. The number of amides is 2. The van der Waals surface area contributed by atoms with E-state index in [-0.39, 0.29) is 24.8 Å². The fourth-order valence-electron chi connectivity index (χ4n) is 2.18. The van der Waals surface area contributed by atoms with Crippen molar-refractivity contribution in [2.45, 2.75) is 52.8 Å². The molecule has 0 aliphatic heterocycles. The lowest BCUT2D eigenvalue weighted by Crippen LogP contribution is -2.44. The molecule has 1 aromatic rings. The maximum Gasteiger partial charge on any atom is 0.315 e. The molecule has 1 atom stereocenters. The van der Waals surface area contributed by atoms with E-state index in [1.54, 1.807) is 0 Å². The summed E-state index contributed by atoms with van der Waals surface area (Å²) in [4.78, 5) is 11.9. The Labute approximate surface area is 133 Å². The van der Waals surface area contributed by atoms with Crippen molar-refractivity contribution >= 4 is 6.03 Å². The van der Waals surface area contributed by atoms with Crippen LogP contribution in [0.3, 0.4) is 0 Å². The van der Waals surface area contributed by atoms with Crippen molar-refractivity contribution in [3.05, 3.63) is 29.8 Å². The molecular weight excluding hydrogens is 280 g/mol. The van der Waals surface area contributed by atoms with Gasteiger partial charge in [0.25, 0.3) is 0 Å². The molecule has 0 aromatic heterocycles. The zero-order valence-corrected chi connectivity index (χ0v) is 13.9. The van der Waals surface area contributed by atoms with Gasteiger partial charge in [-0.1, -0.05) is 32.0 Å². The smallest absolute Gasteiger partial charge is 0.315 e. The van der Waals surface area contributed by atoms with Gasteiger partial charge >= 0.3 is 6.03 Å². The minimum Gasteiger partial charge on any atom is -0.491 e. The van der Waals surface area contributed by atoms with Crippen molar-refractivity contribution in [1.82, 2.24) is 10.6 Å². The van der Waals surface area contributed by atoms with Gasteiger partial charge in [-0.2, -0.15) is 0 Å². The second kappa shape index (κ2) is 9.30. The lowest BCUT2D eigenvalue weighted by atomic mass is 10.0. The predicted octanol–water partition coefficient (Wildman–Crippen LogP) is 2.68. The number of nitrogens with one attached hydrogen (secondary N) is 2. The summed E-state index contributed by atoms with van der Waals surface area (Å²) in [5.74, 6) is 1.19. The highest BCUT2D eigenvalue weighted by atomic mass is 16.5. The van der Waals surface area contributed by atoms with Crippen LogP contribution in [0.4, 0.5) is 4.79 Å². The van der Waals surface area contributed by atoms with E-state index in [4.69, 9.17) is 4.74 Å². The summed E-state index contributed by atoms with van der Waals surface area (Å²) in [6.07, 6.45) is 0.830. The molecule has 1 aromatic carbocycles. The molecule has 0 aliphatic rings. The van der Waals surface area contributed by atoms with Crippen LogP contribution < -0.4 is 15.4 Å². The fraction of sp³-hybridized carbons (Fsp3) is 0.588. The highest BCUT2D eigenvalue weighted by Gasteiger charge is 2.13. The molecule has 2 amide bonds. The van der Waals surface area contributed by atoms with Gasteiger partial charge in [-0.3, -0.25) is 0 Å². The molecule has 0 radical (unpaired) electrons. The van der Waals surface area contributed by atoms with Gasteiger partial charge in [0, 0.05) is 12.1 Å². The van der Waals surface area contributed by atoms with E-state index in [2.05, 4.69) is 24.5 Å². The monoisotopic (exact) mass is 308 g/mol. The summed E-state index contributed by atoms with van der Waals surface area (Å²) in [5, 5.41) is 14.9. The van der Waals surface area contributed by atoms with Gasteiger partial charge < -0.3 is 20.5 Å². The van der Waals surface area contributed by atoms with Crippen molar-refractivity contribution in [3.63, 3.8) is 0 Å². The lowest BCUT2D eigenvalue weighted by molar-refractivity contribution is 0.206. The number of carbonyl (C=O) groups excluding carboxylic acids is 1. The molecule has 0 spiro atoms. The summed E-state index contributed by atoms with van der Waals surface area (Å²) in [7, 11) is 0. The first-order valence-corrected chi connectivity index (χ1v) is 7.82. The molecule has 3 N–H and O–H groups in total. The van der Waals surface area contributed by atoms with Gasteiger partial charge in [0.05, 0.1) is 18.8 Å².